The normalized spacial score (nSPS) is 25.7. The van der Waals surface area contributed by atoms with Crippen LogP contribution in [0.25, 0.3) is 11.1 Å². The molecule has 2 aliphatic heterocycles. The number of benzene rings is 2. The summed E-state index contributed by atoms with van der Waals surface area (Å²) in [6, 6.07) is 6.00. The molecule has 2 aliphatic rings. The van der Waals surface area contributed by atoms with Crippen molar-refractivity contribution in [1.82, 2.24) is 10.2 Å². The molecule has 2 amide bonds. The molecule has 2 aromatic carbocycles. The van der Waals surface area contributed by atoms with Gasteiger partial charge in [0.25, 0.3) is 0 Å². The van der Waals surface area contributed by atoms with Crippen molar-refractivity contribution in [3.63, 3.8) is 0 Å². The molecular weight excluding hydrogens is 413 g/mol. The van der Waals surface area contributed by atoms with Crippen LogP contribution in [0.1, 0.15) is 18.9 Å². The number of morpholine rings is 1. The van der Waals surface area contributed by atoms with E-state index in [-0.39, 0.29) is 42.2 Å². The van der Waals surface area contributed by atoms with Crippen molar-refractivity contribution in [3.8, 4) is 11.1 Å². The summed E-state index contributed by atoms with van der Waals surface area (Å²) >= 11 is 0. The molecule has 2 saturated heterocycles. The molecule has 2 N–H and O–H groups in total. The van der Waals surface area contributed by atoms with Gasteiger partial charge in [-0.1, -0.05) is 18.2 Å². The molecule has 3 atom stereocenters. The highest BCUT2D eigenvalue weighted by Gasteiger charge is 2.55. The number of hydrogen-bond acceptors (Lipinski definition) is 3. The van der Waals surface area contributed by atoms with E-state index in [4.69, 9.17) is 4.74 Å². The molecule has 0 aromatic heterocycles. The van der Waals surface area contributed by atoms with Crippen molar-refractivity contribution in [2.45, 2.75) is 37.4 Å². The van der Waals surface area contributed by atoms with Crippen molar-refractivity contribution < 1.29 is 32.6 Å². The molecule has 9 heteroatoms. The lowest BCUT2D eigenvalue weighted by atomic mass is 9.84. The predicted octanol–water partition coefficient (Wildman–Crippen LogP) is 3.34. The minimum absolute atomic E-state index is 0.00167. The summed E-state index contributed by atoms with van der Waals surface area (Å²) in [6.07, 6.45) is -0.901. The second-order valence-corrected chi connectivity index (χ2v) is 8.10. The number of carbonyl (C=O) groups is 2. The van der Waals surface area contributed by atoms with Gasteiger partial charge in [-0.2, -0.15) is 0 Å². The largest absolute Gasteiger partial charge is 0.465 e. The number of carbonyl (C=O) groups excluding carboxylic acids is 1. The first-order valence-corrected chi connectivity index (χ1v) is 9.84. The van der Waals surface area contributed by atoms with Crippen LogP contribution >= 0.6 is 0 Å². The number of halogens is 3. The maximum Gasteiger partial charge on any atom is 0.407 e. The number of ether oxygens (including phenoxy) is 1. The zero-order chi connectivity index (χ0) is 22.3. The monoisotopic (exact) mass is 434 g/mol. The van der Waals surface area contributed by atoms with Crippen molar-refractivity contribution >= 4 is 12.0 Å². The number of nitrogens with zero attached hydrogens (tertiary/aromatic N) is 1. The highest BCUT2D eigenvalue weighted by molar-refractivity contribution is 5.79. The third-order valence-corrected chi connectivity index (χ3v) is 5.98. The molecule has 4 rings (SSSR count). The highest BCUT2D eigenvalue weighted by atomic mass is 19.1. The number of carboxylic acid groups (broad SMARTS) is 1. The van der Waals surface area contributed by atoms with Gasteiger partial charge in [-0.15, -0.1) is 0 Å². The first-order chi connectivity index (χ1) is 14.7. The summed E-state index contributed by atoms with van der Waals surface area (Å²) < 4.78 is 48.1. The van der Waals surface area contributed by atoms with Crippen LogP contribution in [0.2, 0.25) is 0 Å². The van der Waals surface area contributed by atoms with E-state index in [1.807, 2.05) is 0 Å². The van der Waals surface area contributed by atoms with Gasteiger partial charge in [-0.3, -0.25) is 9.69 Å². The van der Waals surface area contributed by atoms with Gasteiger partial charge in [0.2, 0.25) is 5.91 Å². The fourth-order valence-corrected chi connectivity index (χ4v) is 4.79. The van der Waals surface area contributed by atoms with Crippen molar-refractivity contribution in [1.29, 1.82) is 0 Å². The molecule has 2 unspecified atom stereocenters. The topological polar surface area (TPSA) is 78.9 Å². The van der Waals surface area contributed by atoms with Gasteiger partial charge in [0.05, 0.1) is 18.2 Å². The Morgan fingerprint density at radius 2 is 1.97 bits per heavy atom. The lowest BCUT2D eigenvalue weighted by Gasteiger charge is -2.40. The summed E-state index contributed by atoms with van der Waals surface area (Å²) in [5, 5.41) is 12.6. The van der Waals surface area contributed by atoms with Crippen LogP contribution in [0.15, 0.2) is 36.4 Å². The first-order valence-electron chi connectivity index (χ1n) is 9.84. The summed E-state index contributed by atoms with van der Waals surface area (Å²) in [5.41, 5.74) is -0.773. The smallest absolute Gasteiger partial charge is 0.407 e. The first kappa shape index (κ1) is 21.2. The van der Waals surface area contributed by atoms with E-state index in [1.165, 1.54) is 17.0 Å². The lowest BCUT2D eigenvalue weighted by molar-refractivity contribution is -0.136. The Labute approximate surface area is 176 Å². The second-order valence-electron chi connectivity index (χ2n) is 8.10. The molecule has 0 bridgehead atoms. The molecule has 1 spiro atoms. The molecule has 6 nitrogen and oxygen atoms in total. The fraction of sp³-hybridized carbons (Fsp3) is 0.364. The summed E-state index contributed by atoms with van der Waals surface area (Å²) in [7, 11) is 0. The van der Waals surface area contributed by atoms with E-state index < -0.39 is 41.2 Å². The minimum Gasteiger partial charge on any atom is -0.465 e. The number of amides is 2. The average molecular weight is 434 g/mol. The van der Waals surface area contributed by atoms with Crippen molar-refractivity contribution in [2.75, 3.05) is 13.2 Å². The molecule has 0 radical (unpaired) electrons. The van der Waals surface area contributed by atoms with Crippen molar-refractivity contribution in [2.24, 2.45) is 0 Å². The van der Waals surface area contributed by atoms with E-state index in [0.717, 1.165) is 12.1 Å². The van der Waals surface area contributed by atoms with Gasteiger partial charge in [-0.25, -0.2) is 18.0 Å². The van der Waals surface area contributed by atoms with Gasteiger partial charge < -0.3 is 15.2 Å². The fourth-order valence-electron chi connectivity index (χ4n) is 4.79. The van der Waals surface area contributed by atoms with Crippen LogP contribution in [0.3, 0.4) is 0 Å². The van der Waals surface area contributed by atoms with E-state index in [9.17, 15) is 23.5 Å². The molecule has 0 aliphatic carbocycles. The average Bonchev–Trinajstić information content (AvgIpc) is 2.93. The SMILES string of the molecule is C[C@@H]1CC2(COCC(=O)N2)C(Cc2cccc(-c3cc(F)cc(F)c3)c2F)N1C(=O)O. The maximum absolute atomic E-state index is 15.4. The van der Waals surface area contributed by atoms with E-state index in [2.05, 4.69) is 5.32 Å². The predicted molar refractivity (Wildman–Crippen MR) is 105 cm³/mol. The molecule has 2 aromatic rings. The number of likely N-dealkylation sites (tertiary alicyclic amines) is 1. The Balaban J connectivity index is 1.74. The number of nitrogens with one attached hydrogen (secondary N) is 1. The van der Waals surface area contributed by atoms with Crippen LogP contribution in [-0.4, -0.2) is 52.8 Å². The van der Waals surface area contributed by atoms with Crippen molar-refractivity contribution in [3.05, 3.63) is 59.4 Å². The standard InChI is InChI=1S/C22H21F3N2O4/c1-12-9-22(11-31-10-19(28)26-22)18(27(12)21(29)30)7-13-3-2-4-17(20(13)25)14-5-15(23)8-16(24)6-14/h2-6,8,12,18H,7,9-11H2,1H3,(H,26,28)(H,29,30)/t12-,18?,22?/m1/s1. The highest BCUT2D eigenvalue weighted by Crippen LogP contribution is 2.38. The van der Waals surface area contributed by atoms with Crippen LogP contribution < -0.4 is 5.32 Å². The zero-order valence-corrected chi connectivity index (χ0v) is 16.7. The third kappa shape index (κ3) is 3.85. The maximum atomic E-state index is 15.4. The molecule has 164 valence electrons. The quantitative estimate of drug-likeness (QED) is 0.777. The molecular formula is C22H21F3N2O4. The lowest BCUT2D eigenvalue weighted by Crippen LogP contribution is -2.64. The molecule has 2 heterocycles. The Hall–Kier alpha value is -3.07. The van der Waals surface area contributed by atoms with Gasteiger partial charge in [0, 0.05) is 17.7 Å². The van der Waals surface area contributed by atoms with Crippen LogP contribution in [0.5, 0.6) is 0 Å². The van der Waals surface area contributed by atoms with Gasteiger partial charge in [0.1, 0.15) is 24.1 Å². The molecule has 0 saturated carbocycles. The van der Waals surface area contributed by atoms with E-state index >= 15 is 4.39 Å². The Morgan fingerprint density at radius 3 is 2.61 bits per heavy atom. The molecule has 31 heavy (non-hydrogen) atoms. The van der Waals surface area contributed by atoms with E-state index in [1.54, 1.807) is 13.0 Å². The number of hydrogen-bond donors (Lipinski definition) is 2. The Kier molecular flexibility index (Phi) is 5.38. The second kappa shape index (κ2) is 7.88. The van der Waals surface area contributed by atoms with Crippen LogP contribution in [0.4, 0.5) is 18.0 Å². The minimum atomic E-state index is -1.18. The number of rotatable bonds is 3. The van der Waals surface area contributed by atoms with E-state index in [0.29, 0.717) is 12.5 Å². The summed E-state index contributed by atoms with van der Waals surface area (Å²) in [6.45, 7) is 1.71. The Bertz CT molecular complexity index is 1030. The zero-order valence-electron chi connectivity index (χ0n) is 16.7. The van der Waals surface area contributed by atoms with Gasteiger partial charge in [0.15, 0.2) is 0 Å². The Morgan fingerprint density at radius 1 is 1.26 bits per heavy atom. The van der Waals surface area contributed by atoms with Crippen LogP contribution in [0, 0.1) is 17.5 Å². The molecule has 2 fully saturated rings. The van der Waals surface area contributed by atoms with Gasteiger partial charge >= 0.3 is 6.09 Å². The summed E-state index contributed by atoms with van der Waals surface area (Å²) in [5.74, 6) is -2.72. The van der Waals surface area contributed by atoms with Gasteiger partial charge in [-0.05, 0) is 43.0 Å². The van der Waals surface area contributed by atoms with Crippen LogP contribution in [-0.2, 0) is 16.0 Å². The third-order valence-electron chi connectivity index (χ3n) is 5.98. The summed E-state index contributed by atoms with van der Waals surface area (Å²) in [4.78, 5) is 25.2.